The van der Waals surface area contributed by atoms with E-state index in [0.29, 0.717) is 5.56 Å². The van der Waals surface area contributed by atoms with Gasteiger partial charge in [-0.1, -0.05) is 0 Å². The fourth-order valence-electron chi connectivity index (χ4n) is 2.49. The number of carbonyl (C=O) groups is 1. The second-order valence-electron chi connectivity index (χ2n) is 4.69. The van der Waals surface area contributed by atoms with Crippen LogP contribution in [0, 0.1) is 0 Å². The summed E-state index contributed by atoms with van der Waals surface area (Å²) in [6, 6.07) is 5.38. The summed E-state index contributed by atoms with van der Waals surface area (Å²) in [6.45, 7) is 2.75. The normalized spacial score (nSPS) is 13.6. The number of hydrogen-bond donors (Lipinski definition) is 1. The Hall–Kier alpha value is -2.30. The summed E-state index contributed by atoms with van der Waals surface area (Å²) in [7, 11) is 0. The molecule has 0 saturated heterocycles. The number of hydrogen-bond acceptors (Lipinski definition) is 3. The number of carboxylic acid groups (broad SMARTS) is 1. The number of benzene rings is 1. The zero-order valence-electron chi connectivity index (χ0n) is 10.5. The first-order valence-corrected chi connectivity index (χ1v) is 6.31. The Morgan fingerprint density at radius 1 is 1.37 bits per heavy atom. The highest BCUT2D eigenvalue weighted by Gasteiger charge is 2.20. The van der Waals surface area contributed by atoms with E-state index in [-0.39, 0.29) is 0 Å². The Morgan fingerprint density at radius 3 is 3.00 bits per heavy atom. The molecule has 0 spiro atoms. The standard InChI is InChI=1S/C14H15N3O2/c18-14(19)12-1-2-13-11(9-12)3-5-17(13)8-7-16-6-4-15-10-16/h1-2,4,6,9-10H,3,5,7-8H2,(H,18,19). The number of carboxylic acids is 1. The summed E-state index contributed by atoms with van der Waals surface area (Å²) in [5.41, 5.74) is 2.66. The number of fused-ring (bicyclic) bond motifs is 1. The minimum atomic E-state index is -0.861. The summed E-state index contributed by atoms with van der Waals surface area (Å²) in [4.78, 5) is 17.3. The van der Waals surface area contributed by atoms with Crippen molar-refractivity contribution in [3.8, 4) is 0 Å². The molecule has 0 unspecified atom stereocenters. The van der Waals surface area contributed by atoms with Gasteiger partial charge >= 0.3 is 5.97 Å². The number of rotatable bonds is 4. The van der Waals surface area contributed by atoms with E-state index in [2.05, 4.69) is 9.88 Å². The van der Waals surface area contributed by atoms with Crippen molar-refractivity contribution < 1.29 is 9.90 Å². The molecule has 2 aromatic rings. The van der Waals surface area contributed by atoms with Crippen LogP contribution in [0.15, 0.2) is 36.9 Å². The van der Waals surface area contributed by atoms with Gasteiger partial charge in [-0.05, 0) is 30.2 Å². The Balaban J connectivity index is 1.73. The van der Waals surface area contributed by atoms with Gasteiger partial charge in [-0.3, -0.25) is 0 Å². The number of anilines is 1. The molecule has 0 bridgehead atoms. The average molecular weight is 257 g/mol. The predicted octanol–water partition coefficient (Wildman–Crippen LogP) is 1.64. The van der Waals surface area contributed by atoms with Crippen LogP contribution in [0.4, 0.5) is 5.69 Å². The molecule has 1 aliphatic rings. The summed E-state index contributed by atoms with van der Waals surface area (Å²) in [6.07, 6.45) is 6.45. The lowest BCUT2D eigenvalue weighted by Crippen LogP contribution is -2.24. The van der Waals surface area contributed by atoms with Gasteiger partial charge in [0.05, 0.1) is 11.9 Å². The van der Waals surface area contributed by atoms with Gasteiger partial charge in [-0.2, -0.15) is 0 Å². The van der Waals surface area contributed by atoms with Gasteiger partial charge in [0.2, 0.25) is 0 Å². The highest BCUT2D eigenvalue weighted by molar-refractivity contribution is 5.88. The van der Waals surface area contributed by atoms with E-state index in [1.54, 1.807) is 18.3 Å². The molecule has 0 atom stereocenters. The van der Waals surface area contributed by atoms with E-state index in [1.165, 1.54) is 0 Å². The Kier molecular flexibility index (Phi) is 2.95. The molecule has 1 aliphatic heterocycles. The number of imidazole rings is 1. The molecule has 1 aromatic carbocycles. The first kappa shape index (κ1) is 11.8. The largest absolute Gasteiger partial charge is 0.478 e. The molecule has 1 N–H and O–H groups in total. The molecule has 19 heavy (non-hydrogen) atoms. The van der Waals surface area contributed by atoms with Crippen molar-refractivity contribution in [1.29, 1.82) is 0 Å². The molecule has 5 heteroatoms. The molecule has 98 valence electrons. The van der Waals surface area contributed by atoms with Gasteiger partial charge in [-0.25, -0.2) is 9.78 Å². The summed E-state index contributed by atoms with van der Waals surface area (Å²) in [5.74, 6) is -0.861. The fourth-order valence-corrected chi connectivity index (χ4v) is 2.49. The van der Waals surface area contributed by atoms with E-state index in [9.17, 15) is 4.79 Å². The van der Waals surface area contributed by atoms with E-state index in [1.807, 2.05) is 23.2 Å². The van der Waals surface area contributed by atoms with Gasteiger partial charge in [0, 0.05) is 37.7 Å². The molecular formula is C14H15N3O2. The third-order valence-electron chi connectivity index (χ3n) is 3.51. The lowest BCUT2D eigenvalue weighted by atomic mass is 10.1. The average Bonchev–Trinajstić information content (AvgIpc) is 3.05. The van der Waals surface area contributed by atoms with Crippen LogP contribution in [0.3, 0.4) is 0 Å². The zero-order valence-corrected chi connectivity index (χ0v) is 10.5. The van der Waals surface area contributed by atoms with Gasteiger partial charge in [0.1, 0.15) is 0 Å². The van der Waals surface area contributed by atoms with Crippen molar-refractivity contribution >= 4 is 11.7 Å². The minimum Gasteiger partial charge on any atom is -0.478 e. The summed E-state index contributed by atoms with van der Waals surface area (Å²) >= 11 is 0. The van der Waals surface area contributed by atoms with Crippen LogP contribution in [0.5, 0.6) is 0 Å². The van der Waals surface area contributed by atoms with E-state index >= 15 is 0 Å². The van der Waals surface area contributed by atoms with Crippen molar-refractivity contribution in [2.75, 3.05) is 18.0 Å². The monoisotopic (exact) mass is 257 g/mol. The lowest BCUT2D eigenvalue weighted by Gasteiger charge is -2.19. The maximum atomic E-state index is 10.9. The van der Waals surface area contributed by atoms with Crippen LogP contribution in [-0.2, 0) is 13.0 Å². The Morgan fingerprint density at radius 2 is 2.26 bits per heavy atom. The Bertz CT molecular complexity index is 593. The third-order valence-corrected chi connectivity index (χ3v) is 3.51. The second kappa shape index (κ2) is 4.76. The molecule has 2 heterocycles. The van der Waals surface area contributed by atoms with E-state index in [4.69, 9.17) is 5.11 Å². The molecule has 0 aliphatic carbocycles. The summed E-state index contributed by atoms with van der Waals surface area (Å²) in [5, 5.41) is 8.99. The maximum Gasteiger partial charge on any atom is 0.335 e. The number of aromatic nitrogens is 2. The van der Waals surface area contributed by atoms with Gasteiger partial charge in [0.15, 0.2) is 0 Å². The molecule has 0 fully saturated rings. The van der Waals surface area contributed by atoms with Crippen LogP contribution in [0.2, 0.25) is 0 Å². The van der Waals surface area contributed by atoms with Crippen molar-refractivity contribution in [3.63, 3.8) is 0 Å². The van der Waals surface area contributed by atoms with Crippen LogP contribution >= 0.6 is 0 Å². The van der Waals surface area contributed by atoms with Crippen LogP contribution in [0.25, 0.3) is 0 Å². The van der Waals surface area contributed by atoms with E-state index < -0.39 is 5.97 Å². The van der Waals surface area contributed by atoms with Crippen molar-refractivity contribution in [2.24, 2.45) is 0 Å². The highest BCUT2D eigenvalue weighted by atomic mass is 16.4. The highest BCUT2D eigenvalue weighted by Crippen LogP contribution is 2.28. The van der Waals surface area contributed by atoms with Crippen molar-refractivity contribution in [3.05, 3.63) is 48.0 Å². The molecule has 0 amide bonds. The second-order valence-corrected chi connectivity index (χ2v) is 4.69. The molecule has 1 aromatic heterocycles. The van der Waals surface area contributed by atoms with Crippen molar-refractivity contribution in [2.45, 2.75) is 13.0 Å². The fraction of sp³-hybridized carbons (Fsp3) is 0.286. The zero-order chi connectivity index (χ0) is 13.2. The summed E-state index contributed by atoms with van der Waals surface area (Å²) < 4.78 is 2.05. The smallest absolute Gasteiger partial charge is 0.335 e. The SMILES string of the molecule is O=C(O)c1ccc2c(c1)CCN2CCn1ccnc1. The predicted molar refractivity (Wildman–Crippen MR) is 71.5 cm³/mol. The lowest BCUT2D eigenvalue weighted by molar-refractivity contribution is 0.0697. The minimum absolute atomic E-state index is 0.371. The first-order chi connectivity index (χ1) is 9.24. The molecule has 0 saturated carbocycles. The molecular weight excluding hydrogens is 242 g/mol. The van der Waals surface area contributed by atoms with Crippen LogP contribution < -0.4 is 4.90 Å². The van der Waals surface area contributed by atoms with Gasteiger partial charge in [-0.15, -0.1) is 0 Å². The number of aromatic carboxylic acids is 1. The number of nitrogens with zero attached hydrogens (tertiary/aromatic N) is 3. The maximum absolute atomic E-state index is 10.9. The van der Waals surface area contributed by atoms with Crippen LogP contribution in [0.1, 0.15) is 15.9 Å². The van der Waals surface area contributed by atoms with Gasteiger partial charge in [0.25, 0.3) is 0 Å². The van der Waals surface area contributed by atoms with E-state index in [0.717, 1.165) is 37.3 Å². The topological polar surface area (TPSA) is 58.4 Å². The molecule has 0 radical (unpaired) electrons. The molecule has 5 nitrogen and oxygen atoms in total. The van der Waals surface area contributed by atoms with Crippen molar-refractivity contribution in [1.82, 2.24) is 9.55 Å². The van der Waals surface area contributed by atoms with Crippen LogP contribution in [-0.4, -0.2) is 33.7 Å². The van der Waals surface area contributed by atoms with Gasteiger partial charge < -0.3 is 14.6 Å². The quantitative estimate of drug-likeness (QED) is 0.904. The first-order valence-electron chi connectivity index (χ1n) is 6.31. The molecule has 3 rings (SSSR count). The Labute approximate surface area is 111 Å². The third kappa shape index (κ3) is 2.31.